The van der Waals surface area contributed by atoms with Crippen molar-refractivity contribution in [3.05, 3.63) is 59.8 Å². The first-order valence-electron chi connectivity index (χ1n) is 9.26. The summed E-state index contributed by atoms with van der Waals surface area (Å²) < 4.78 is 11.7. The first-order valence-corrected chi connectivity index (χ1v) is 9.26. The number of aromatic nitrogens is 1. The van der Waals surface area contributed by atoms with Crippen LogP contribution in [-0.4, -0.2) is 23.1 Å². The molecule has 5 nitrogen and oxygen atoms in total. The number of nitrogens with one attached hydrogen (secondary N) is 1. The van der Waals surface area contributed by atoms with Gasteiger partial charge in [0.05, 0.1) is 6.61 Å². The Balaban J connectivity index is 1.49. The van der Waals surface area contributed by atoms with Gasteiger partial charge in [-0.2, -0.15) is 0 Å². The molecule has 1 aromatic heterocycles. The van der Waals surface area contributed by atoms with Crippen molar-refractivity contribution in [3.63, 3.8) is 0 Å². The zero-order valence-corrected chi connectivity index (χ0v) is 15.2. The molecular formula is C21H26N2O3. The topological polar surface area (TPSA) is 60.5 Å². The van der Waals surface area contributed by atoms with Crippen LogP contribution in [0, 0.1) is 0 Å². The first-order chi connectivity index (χ1) is 12.7. The smallest absolute Gasteiger partial charge is 0.249 e. The number of rotatable bonds is 8. The third-order valence-electron chi connectivity index (χ3n) is 4.60. The van der Waals surface area contributed by atoms with Crippen LogP contribution < -0.4 is 10.1 Å². The van der Waals surface area contributed by atoms with Crippen LogP contribution in [0.3, 0.4) is 0 Å². The lowest BCUT2D eigenvalue weighted by Gasteiger charge is -2.17. The van der Waals surface area contributed by atoms with Crippen LogP contribution in [0.4, 0.5) is 0 Å². The highest BCUT2D eigenvalue weighted by molar-refractivity contribution is 5.80. The summed E-state index contributed by atoms with van der Waals surface area (Å²) in [6.07, 6.45) is 6.01. The van der Waals surface area contributed by atoms with E-state index in [1.54, 1.807) is 13.1 Å². The molecule has 5 heteroatoms. The molecule has 0 spiro atoms. The number of hydrogen-bond acceptors (Lipinski definition) is 4. The molecule has 0 bridgehead atoms. The zero-order chi connectivity index (χ0) is 18.2. The molecule has 2 aromatic rings. The molecule has 1 amide bonds. The number of carbonyl (C=O) groups excluding carboxylic acids is 1. The molecular weight excluding hydrogens is 328 g/mol. The molecule has 1 fully saturated rings. The fraction of sp³-hybridized carbons (Fsp3) is 0.429. The van der Waals surface area contributed by atoms with E-state index in [0.29, 0.717) is 19.0 Å². The molecule has 1 heterocycles. The molecule has 1 unspecified atom stereocenters. The maximum Gasteiger partial charge on any atom is 0.249 e. The Hall–Kier alpha value is -2.40. The molecule has 0 aliphatic heterocycles. The summed E-state index contributed by atoms with van der Waals surface area (Å²) in [6, 6.07) is 13.6. The highest BCUT2D eigenvalue weighted by Gasteiger charge is 2.19. The Morgan fingerprint density at radius 3 is 2.73 bits per heavy atom. The standard InChI is InChI=1S/C21H26N2O3/c1-16(25-15-17-8-3-2-4-9-17)20(24)23-14-18-10-7-13-22-21(18)26-19-11-5-6-12-19/h2-4,7-10,13,16,19H,5-6,11-12,14-15H2,1H3,(H,23,24). The van der Waals surface area contributed by atoms with E-state index >= 15 is 0 Å². The predicted octanol–water partition coefficient (Wildman–Crippen LogP) is 3.62. The summed E-state index contributed by atoms with van der Waals surface area (Å²) in [5.41, 5.74) is 1.94. The second kappa shape index (κ2) is 9.34. The molecule has 1 atom stereocenters. The van der Waals surface area contributed by atoms with E-state index in [9.17, 15) is 4.79 Å². The summed E-state index contributed by atoms with van der Waals surface area (Å²) in [5, 5.41) is 2.92. The first kappa shape index (κ1) is 18.4. The van der Waals surface area contributed by atoms with Gasteiger partial charge in [0.2, 0.25) is 11.8 Å². The lowest BCUT2D eigenvalue weighted by atomic mass is 10.2. The van der Waals surface area contributed by atoms with Crippen LogP contribution >= 0.6 is 0 Å². The normalized spacial score (nSPS) is 15.6. The van der Waals surface area contributed by atoms with Crippen LogP contribution in [0.25, 0.3) is 0 Å². The van der Waals surface area contributed by atoms with Crippen molar-refractivity contribution < 1.29 is 14.3 Å². The molecule has 1 saturated carbocycles. The Morgan fingerprint density at radius 2 is 1.96 bits per heavy atom. The van der Waals surface area contributed by atoms with E-state index in [2.05, 4.69) is 10.3 Å². The van der Waals surface area contributed by atoms with Crippen molar-refractivity contribution in [3.8, 4) is 5.88 Å². The van der Waals surface area contributed by atoms with Gasteiger partial charge in [-0.15, -0.1) is 0 Å². The molecule has 1 aliphatic rings. The number of ether oxygens (including phenoxy) is 2. The lowest BCUT2D eigenvalue weighted by Crippen LogP contribution is -2.34. The lowest BCUT2D eigenvalue weighted by molar-refractivity contribution is -0.132. The number of nitrogens with zero attached hydrogens (tertiary/aromatic N) is 1. The maximum absolute atomic E-state index is 12.3. The van der Waals surface area contributed by atoms with Crippen molar-refractivity contribution in [2.45, 2.75) is 58.0 Å². The van der Waals surface area contributed by atoms with Gasteiger partial charge in [-0.25, -0.2) is 4.98 Å². The highest BCUT2D eigenvalue weighted by Crippen LogP contribution is 2.24. The van der Waals surface area contributed by atoms with Gasteiger partial charge >= 0.3 is 0 Å². The minimum atomic E-state index is -0.522. The number of pyridine rings is 1. The molecule has 0 radical (unpaired) electrons. The summed E-state index contributed by atoms with van der Waals surface area (Å²) in [4.78, 5) is 16.6. The van der Waals surface area contributed by atoms with Crippen LogP contribution in [0.15, 0.2) is 48.7 Å². The fourth-order valence-electron chi connectivity index (χ4n) is 3.03. The maximum atomic E-state index is 12.3. The van der Waals surface area contributed by atoms with E-state index in [0.717, 1.165) is 24.0 Å². The van der Waals surface area contributed by atoms with Crippen LogP contribution in [0.2, 0.25) is 0 Å². The minimum absolute atomic E-state index is 0.142. The molecule has 1 aromatic carbocycles. The third kappa shape index (κ3) is 5.30. The van der Waals surface area contributed by atoms with Gasteiger partial charge in [0.1, 0.15) is 12.2 Å². The Labute approximate surface area is 154 Å². The quantitative estimate of drug-likeness (QED) is 0.786. The molecule has 0 saturated heterocycles. The van der Waals surface area contributed by atoms with E-state index < -0.39 is 6.10 Å². The third-order valence-corrected chi connectivity index (χ3v) is 4.60. The predicted molar refractivity (Wildman–Crippen MR) is 99.7 cm³/mol. The van der Waals surface area contributed by atoms with Crippen molar-refractivity contribution in [1.29, 1.82) is 0 Å². The number of benzene rings is 1. The highest BCUT2D eigenvalue weighted by atomic mass is 16.5. The second-order valence-corrected chi connectivity index (χ2v) is 6.65. The van der Waals surface area contributed by atoms with Gasteiger partial charge in [-0.05, 0) is 44.2 Å². The molecule has 1 N–H and O–H groups in total. The second-order valence-electron chi connectivity index (χ2n) is 6.65. The molecule has 3 rings (SSSR count). The summed E-state index contributed by atoms with van der Waals surface area (Å²) >= 11 is 0. The Morgan fingerprint density at radius 1 is 1.19 bits per heavy atom. The zero-order valence-electron chi connectivity index (χ0n) is 15.2. The van der Waals surface area contributed by atoms with Crippen LogP contribution in [0.5, 0.6) is 5.88 Å². The van der Waals surface area contributed by atoms with E-state index in [4.69, 9.17) is 9.47 Å². The number of carbonyl (C=O) groups is 1. The minimum Gasteiger partial charge on any atom is -0.474 e. The number of amides is 1. The van der Waals surface area contributed by atoms with E-state index in [1.165, 1.54) is 12.8 Å². The number of hydrogen-bond donors (Lipinski definition) is 1. The Bertz CT molecular complexity index is 699. The molecule has 138 valence electrons. The Kier molecular flexibility index (Phi) is 6.61. The fourth-order valence-corrected chi connectivity index (χ4v) is 3.03. The van der Waals surface area contributed by atoms with Gasteiger partial charge in [-0.3, -0.25) is 4.79 Å². The largest absolute Gasteiger partial charge is 0.474 e. The monoisotopic (exact) mass is 354 g/mol. The van der Waals surface area contributed by atoms with Crippen molar-refractivity contribution in [2.24, 2.45) is 0 Å². The average molecular weight is 354 g/mol. The van der Waals surface area contributed by atoms with Crippen molar-refractivity contribution >= 4 is 5.91 Å². The molecule has 26 heavy (non-hydrogen) atoms. The summed E-state index contributed by atoms with van der Waals surface area (Å²) in [7, 11) is 0. The van der Waals surface area contributed by atoms with Gasteiger partial charge < -0.3 is 14.8 Å². The van der Waals surface area contributed by atoms with Crippen molar-refractivity contribution in [1.82, 2.24) is 10.3 Å². The van der Waals surface area contributed by atoms with Crippen LogP contribution in [-0.2, 0) is 22.7 Å². The summed E-state index contributed by atoms with van der Waals surface area (Å²) in [6.45, 7) is 2.56. The summed E-state index contributed by atoms with van der Waals surface area (Å²) in [5.74, 6) is 0.481. The average Bonchev–Trinajstić information content (AvgIpc) is 3.19. The van der Waals surface area contributed by atoms with Gasteiger partial charge in [0.25, 0.3) is 0 Å². The van der Waals surface area contributed by atoms with Crippen LogP contribution in [0.1, 0.15) is 43.7 Å². The molecule has 1 aliphatic carbocycles. The van der Waals surface area contributed by atoms with E-state index in [-0.39, 0.29) is 12.0 Å². The van der Waals surface area contributed by atoms with Gasteiger partial charge in [-0.1, -0.05) is 36.4 Å². The van der Waals surface area contributed by atoms with Gasteiger partial charge in [0.15, 0.2) is 0 Å². The SMILES string of the molecule is CC(OCc1ccccc1)C(=O)NCc1cccnc1OC1CCCC1. The van der Waals surface area contributed by atoms with Crippen molar-refractivity contribution in [2.75, 3.05) is 0 Å². The van der Waals surface area contributed by atoms with E-state index in [1.807, 2.05) is 42.5 Å². The van der Waals surface area contributed by atoms with Gasteiger partial charge in [0, 0.05) is 18.3 Å².